The van der Waals surface area contributed by atoms with E-state index in [9.17, 15) is 4.79 Å². The third kappa shape index (κ3) is 3.01. The highest BCUT2D eigenvalue weighted by Crippen LogP contribution is 2.39. The summed E-state index contributed by atoms with van der Waals surface area (Å²) in [6.45, 7) is 2.43. The van der Waals surface area contributed by atoms with Crippen LogP contribution >= 0.6 is 11.6 Å². The lowest BCUT2D eigenvalue weighted by Crippen LogP contribution is -2.26. The summed E-state index contributed by atoms with van der Waals surface area (Å²) >= 11 is 6.16. The monoisotopic (exact) mass is 394 g/mol. The Labute approximate surface area is 166 Å². The first-order valence-corrected chi connectivity index (χ1v) is 9.74. The van der Waals surface area contributed by atoms with Crippen LogP contribution in [0.3, 0.4) is 0 Å². The molecule has 0 radical (unpaired) electrons. The predicted molar refractivity (Wildman–Crippen MR) is 107 cm³/mol. The van der Waals surface area contributed by atoms with Crippen molar-refractivity contribution in [1.29, 1.82) is 0 Å². The van der Waals surface area contributed by atoms with Gasteiger partial charge in [-0.1, -0.05) is 11.6 Å². The van der Waals surface area contributed by atoms with Crippen LogP contribution in [0.2, 0.25) is 5.02 Å². The summed E-state index contributed by atoms with van der Waals surface area (Å²) in [5.74, 6) is 2.07. The predicted octanol–water partition coefficient (Wildman–Crippen LogP) is 3.42. The summed E-state index contributed by atoms with van der Waals surface area (Å²) in [6, 6.07) is 7.48. The maximum absolute atomic E-state index is 12.7. The molecule has 3 heterocycles. The van der Waals surface area contributed by atoms with Gasteiger partial charge in [-0.05, 0) is 49.6 Å². The fourth-order valence-electron chi connectivity index (χ4n) is 3.43. The van der Waals surface area contributed by atoms with Crippen molar-refractivity contribution in [3.05, 3.63) is 58.3 Å². The molecule has 0 atom stereocenters. The van der Waals surface area contributed by atoms with Crippen LogP contribution in [0, 0.1) is 6.92 Å². The van der Waals surface area contributed by atoms with Crippen molar-refractivity contribution in [1.82, 2.24) is 29.9 Å². The molecule has 1 aliphatic carbocycles. The number of aromatic nitrogens is 5. The Morgan fingerprint density at radius 2 is 2.21 bits per heavy atom. The van der Waals surface area contributed by atoms with Crippen molar-refractivity contribution >= 4 is 34.2 Å². The molecule has 7 nitrogen and oxygen atoms in total. The molecule has 0 bridgehead atoms. The van der Waals surface area contributed by atoms with Gasteiger partial charge in [0, 0.05) is 30.1 Å². The third-order valence-electron chi connectivity index (χ3n) is 5.11. The molecule has 28 heavy (non-hydrogen) atoms. The molecule has 4 aromatic rings. The number of nitrogens with one attached hydrogen (secondary N) is 2. The molecular weight excluding hydrogens is 376 g/mol. The lowest BCUT2D eigenvalue weighted by Gasteiger charge is -2.05. The van der Waals surface area contributed by atoms with Crippen LogP contribution in [0.5, 0.6) is 0 Å². The lowest BCUT2D eigenvalue weighted by atomic mass is 10.2. The SMILES string of the molecule is Cc1cc2[nH]c(CCNC(=O)c3cccn4c(C5CC5)nnc34)nc2cc1Cl. The molecule has 1 aromatic carbocycles. The van der Waals surface area contributed by atoms with Crippen molar-refractivity contribution in [3.8, 4) is 0 Å². The fourth-order valence-corrected chi connectivity index (χ4v) is 3.59. The number of carbonyl (C=O) groups is 1. The number of halogens is 1. The number of hydrogen-bond acceptors (Lipinski definition) is 4. The lowest BCUT2D eigenvalue weighted by molar-refractivity contribution is 0.0955. The zero-order valence-corrected chi connectivity index (χ0v) is 16.1. The van der Waals surface area contributed by atoms with Gasteiger partial charge in [-0.25, -0.2) is 4.98 Å². The Kier molecular flexibility index (Phi) is 4.05. The quantitative estimate of drug-likeness (QED) is 0.543. The largest absolute Gasteiger partial charge is 0.351 e. The average molecular weight is 395 g/mol. The highest BCUT2D eigenvalue weighted by molar-refractivity contribution is 6.32. The van der Waals surface area contributed by atoms with Crippen molar-refractivity contribution in [2.24, 2.45) is 0 Å². The number of imidazole rings is 1. The molecule has 0 spiro atoms. The molecule has 8 heteroatoms. The summed E-state index contributed by atoms with van der Waals surface area (Å²) in [5, 5.41) is 12.2. The molecule has 3 aromatic heterocycles. The second kappa shape index (κ2) is 6.60. The van der Waals surface area contributed by atoms with E-state index >= 15 is 0 Å². The van der Waals surface area contributed by atoms with Crippen LogP contribution in [-0.2, 0) is 6.42 Å². The summed E-state index contributed by atoms with van der Waals surface area (Å²) in [7, 11) is 0. The maximum atomic E-state index is 12.7. The molecule has 5 rings (SSSR count). The molecule has 2 N–H and O–H groups in total. The van der Waals surface area contributed by atoms with Gasteiger partial charge in [0.1, 0.15) is 11.6 Å². The van der Waals surface area contributed by atoms with E-state index in [1.54, 1.807) is 6.07 Å². The number of rotatable bonds is 5. The van der Waals surface area contributed by atoms with Gasteiger partial charge in [0.25, 0.3) is 5.91 Å². The zero-order valence-electron chi connectivity index (χ0n) is 15.4. The van der Waals surface area contributed by atoms with Gasteiger partial charge in [-0.2, -0.15) is 0 Å². The standard InChI is InChI=1S/C20H19ClN6O/c1-11-9-15-16(10-14(11)21)24-17(23-15)6-7-22-20(28)13-3-2-8-27-18(12-4-5-12)25-26-19(13)27/h2-3,8-10,12H,4-7H2,1H3,(H,22,28)(H,23,24). The minimum atomic E-state index is -0.157. The number of H-pyrrole nitrogens is 1. The van der Waals surface area contributed by atoms with Gasteiger partial charge >= 0.3 is 0 Å². The summed E-state index contributed by atoms with van der Waals surface area (Å²) in [5.41, 5.74) is 3.93. The number of amides is 1. The summed E-state index contributed by atoms with van der Waals surface area (Å²) < 4.78 is 1.93. The molecule has 0 aliphatic heterocycles. The average Bonchev–Trinajstić information content (AvgIpc) is 3.31. The minimum Gasteiger partial charge on any atom is -0.351 e. The van der Waals surface area contributed by atoms with E-state index in [0.29, 0.717) is 35.1 Å². The van der Waals surface area contributed by atoms with Gasteiger partial charge in [0.15, 0.2) is 5.65 Å². The van der Waals surface area contributed by atoms with Gasteiger partial charge in [-0.3, -0.25) is 9.20 Å². The molecule has 0 unspecified atom stereocenters. The Balaban J connectivity index is 1.29. The van der Waals surface area contributed by atoms with Crippen molar-refractivity contribution < 1.29 is 4.79 Å². The van der Waals surface area contributed by atoms with Gasteiger partial charge in [-0.15, -0.1) is 10.2 Å². The van der Waals surface area contributed by atoms with E-state index in [4.69, 9.17) is 11.6 Å². The molecular formula is C20H19ClN6O. The first kappa shape index (κ1) is 17.2. The van der Waals surface area contributed by atoms with Crippen LogP contribution in [0.15, 0.2) is 30.5 Å². The number of nitrogens with zero attached hydrogens (tertiary/aromatic N) is 4. The summed E-state index contributed by atoms with van der Waals surface area (Å²) in [6.07, 6.45) is 4.79. The number of carbonyl (C=O) groups excluding carboxylic acids is 1. The highest BCUT2D eigenvalue weighted by Gasteiger charge is 2.29. The second-order valence-electron chi connectivity index (χ2n) is 7.26. The van der Waals surface area contributed by atoms with E-state index in [0.717, 1.165) is 41.1 Å². The Bertz CT molecular complexity index is 1170. The van der Waals surface area contributed by atoms with Crippen LogP contribution in [0.4, 0.5) is 0 Å². The number of aromatic amines is 1. The van der Waals surface area contributed by atoms with E-state index in [1.165, 1.54) is 0 Å². The van der Waals surface area contributed by atoms with Gasteiger partial charge in [0.2, 0.25) is 0 Å². The molecule has 0 saturated heterocycles. The Morgan fingerprint density at radius 1 is 1.36 bits per heavy atom. The molecule has 142 valence electrons. The van der Waals surface area contributed by atoms with E-state index in [2.05, 4.69) is 25.5 Å². The van der Waals surface area contributed by atoms with Crippen molar-refractivity contribution in [2.75, 3.05) is 6.54 Å². The number of hydrogen-bond donors (Lipinski definition) is 2. The number of aryl methyl sites for hydroxylation is 1. The van der Waals surface area contributed by atoms with E-state index in [1.807, 2.05) is 35.7 Å². The number of pyridine rings is 1. The smallest absolute Gasteiger partial charge is 0.255 e. The molecule has 1 amide bonds. The normalized spacial score (nSPS) is 14.1. The first-order valence-electron chi connectivity index (χ1n) is 9.37. The van der Waals surface area contributed by atoms with Gasteiger partial charge in [0.05, 0.1) is 16.6 Å². The van der Waals surface area contributed by atoms with Crippen LogP contribution in [0.1, 0.15) is 46.3 Å². The highest BCUT2D eigenvalue weighted by atomic mass is 35.5. The molecule has 1 saturated carbocycles. The molecule has 1 fully saturated rings. The van der Waals surface area contributed by atoms with Crippen LogP contribution in [0.25, 0.3) is 16.7 Å². The zero-order chi connectivity index (χ0) is 19.3. The minimum absolute atomic E-state index is 0.157. The van der Waals surface area contributed by atoms with Gasteiger partial charge < -0.3 is 10.3 Å². The van der Waals surface area contributed by atoms with E-state index < -0.39 is 0 Å². The summed E-state index contributed by atoms with van der Waals surface area (Å²) in [4.78, 5) is 20.5. The Morgan fingerprint density at radius 3 is 3.04 bits per heavy atom. The van der Waals surface area contributed by atoms with Crippen LogP contribution in [-0.4, -0.2) is 37.0 Å². The van der Waals surface area contributed by atoms with Crippen LogP contribution < -0.4 is 5.32 Å². The first-order chi connectivity index (χ1) is 13.6. The maximum Gasteiger partial charge on any atom is 0.255 e. The second-order valence-corrected chi connectivity index (χ2v) is 7.66. The van der Waals surface area contributed by atoms with E-state index in [-0.39, 0.29) is 5.91 Å². The molecule has 1 aliphatic rings. The topological polar surface area (TPSA) is 88.0 Å². The third-order valence-corrected chi connectivity index (χ3v) is 5.51. The Hall–Kier alpha value is -2.93. The number of benzene rings is 1. The van der Waals surface area contributed by atoms with Crippen molar-refractivity contribution in [2.45, 2.75) is 32.1 Å². The number of fused-ring (bicyclic) bond motifs is 2. The fraction of sp³-hybridized carbons (Fsp3) is 0.300. The van der Waals surface area contributed by atoms with Crippen molar-refractivity contribution in [3.63, 3.8) is 0 Å².